The Labute approximate surface area is 137 Å². The fourth-order valence-electron chi connectivity index (χ4n) is 2.06. The number of para-hydroxylation sites is 1. The van der Waals surface area contributed by atoms with Crippen molar-refractivity contribution in [3.8, 4) is 9.75 Å². The Kier molecular flexibility index (Phi) is 4.88. The molecule has 0 bridgehead atoms. The van der Waals surface area contributed by atoms with Crippen molar-refractivity contribution in [1.82, 2.24) is 5.32 Å². The number of hydrogen-bond donors (Lipinski definition) is 2. The van der Waals surface area contributed by atoms with Crippen LogP contribution in [0.15, 0.2) is 60.0 Å². The minimum absolute atomic E-state index is 0.166. The molecule has 112 valence electrons. The van der Waals surface area contributed by atoms with E-state index in [0.29, 0.717) is 6.54 Å². The lowest BCUT2D eigenvalue weighted by Gasteiger charge is -2.06. The molecule has 0 atom stereocenters. The summed E-state index contributed by atoms with van der Waals surface area (Å²) in [5, 5.41) is 7.78. The van der Waals surface area contributed by atoms with E-state index in [9.17, 15) is 4.79 Å². The zero-order valence-electron chi connectivity index (χ0n) is 11.9. The highest BCUT2D eigenvalue weighted by molar-refractivity contribution is 7.21. The Hall–Kier alpha value is -2.11. The molecule has 2 amide bonds. The fourth-order valence-corrected chi connectivity index (χ4v) is 3.90. The second kappa shape index (κ2) is 7.24. The van der Waals surface area contributed by atoms with Crippen molar-refractivity contribution in [2.45, 2.75) is 6.42 Å². The van der Waals surface area contributed by atoms with Crippen LogP contribution in [0.4, 0.5) is 10.5 Å². The number of hydrogen-bond acceptors (Lipinski definition) is 3. The van der Waals surface area contributed by atoms with E-state index in [1.165, 1.54) is 14.6 Å². The number of carbonyl (C=O) groups is 1. The number of thiophene rings is 2. The van der Waals surface area contributed by atoms with Crippen molar-refractivity contribution in [2.24, 2.45) is 0 Å². The first kappa shape index (κ1) is 14.8. The highest BCUT2D eigenvalue weighted by Crippen LogP contribution is 2.31. The Balaban J connectivity index is 1.46. The van der Waals surface area contributed by atoms with Gasteiger partial charge in [0.2, 0.25) is 0 Å². The maximum Gasteiger partial charge on any atom is 0.319 e. The molecule has 2 N–H and O–H groups in total. The number of benzene rings is 1. The van der Waals surface area contributed by atoms with E-state index in [1.54, 1.807) is 22.7 Å². The van der Waals surface area contributed by atoms with Gasteiger partial charge in [0.15, 0.2) is 0 Å². The molecule has 0 aliphatic rings. The predicted octanol–water partition coefficient (Wildman–Crippen LogP) is 4.84. The lowest BCUT2D eigenvalue weighted by Crippen LogP contribution is -2.30. The van der Waals surface area contributed by atoms with E-state index < -0.39 is 0 Å². The van der Waals surface area contributed by atoms with Crippen LogP contribution in [0.5, 0.6) is 0 Å². The van der Waals surface area contributed by atoms with Gasteiger partial charge >= 0.3 is 6.03 Å². The Bertz CT molecular complexity index is 720. The first-order valence-corrected chi connectivity index (χ1v) is 8.73. The second-order valence-electron chi connectivity index (χ2n) is 4.74. The molecule has 1 aromatic carbocycles. The normalized spacial score (nSPS) is 10.4. The van der Waals surface area contributed by atoms with Crippen LogP contribution in [-0.4, -0.2) is 12.6 Å². The van der Waals surface area contributed by atoms with Gasteiger partial charge in [0.25, 0.3) is 0 Å². The van der Waals surface area contributed by atoms with Gasteiger partial charge in [-0.15, -0.1) is 22.7 Å². The third-order valence-corrected chi connectivity index (χ3v) is 5.32. The van der Waals surface area contributed by atoms with E-state index in [4.69, 9.17) is 0 Å². The summed E-state index contributed by atoms with van der Waals surface area (Å²) in [5.74, 6) is 0. The van der Waals surface area contributed by atoms with Crippen molar-refractivity contribution in [3.05, 3.63) is 64.9 Å². The van der Waals surface area contributed by atoms with E-state index >= 15 is 0 Å². The largest absolute Gasteiger partial charge is 0.338 e. The summed E-state index contributed by atoms with van der Waals surface area (Å²) < 4.78 is 0. The van der Waals surface area contributed by atoms with Gasteiger partial charge in [-0.2, -0.15) is 0 Å². The average Bonchev–Trinajstić information content (AvgIpc) is 3.19. The summed E-state index contributed by atoms with van der Waals surface area (Å²) in [6.45, 7) is 0.628. The molecular formula is C17H16N2OS2. The first-order chi connectivity index (χ1) is 10.8. The van der Waals surface area contributed by atoms with Crippen LogP contribution in [0.2, 0.25) is 0 Å². The van der Waals surface area contributed by atoms with Crippen molar-refractivity contribution in [1.29, 1.82) is 0 Å². The van der Waals surface area contributed by atoms with Crippen LogP contribution in [0, 0.1) is 0 Å². The monoisotopic (exact) mass is 328 g/mol. The number of rotatable bonds is 5. The summed E-state index contributed by atoms with van der Waals surface area (Å²) >= 11 is 3.53. The maximum atomic E-state index is 11.8. The molecule has 3 rings (SSSR count). The molecule has 0 saturated heterocycles. The quantitative estimate of drug-likeness (QED) is 0.691. The van der Waals surface area contributed by atoms with E-state index in [2.05, 4.69) is 40.3 Å². The van der Waals surface area contributed by atoms with Crippen molar-refractivity contribution >= 4 is 34.4 Å². The molecule has 2 aromatic heterocycles. The Morgan fingerprint density at radius 3 is 2.59 bits per heavy atom. The van der Waals surface area contributed by atoms with Crippen molar-refractivity contribution in [2.75, 3.05) is 11.9 Å². The number of urea groups is 1. The molecule has 3 nitrogen and oxygen atoms in total. The second-order valence-corrected chi connectivity index (χ2v) is 6.86. The van der Waals surface area contributed by atoms with Crippen LogP contribution < -0.4 is 10.6 Å². The van der Waals surface area contributed by atoms with Gasteiger partial charge in [0, 0.05) is 26.9 Å². The Morgan fingerprint density at radius 2 is 1.82 bits per heavy atom. The minimum atomic E-state index is -0.166. The summed E-state index contributed by atoms with van der Waals surface area (Å²) in [6, 6.07) is 17.8. The lowest BCUT2D eigenvalue weighted by atomic mass is 10.3. The van der Waals surface area contributed by atoms with Crippen LogP contribution in [-0.2, 0) is 6.42 Å². The molecule has 3 aromatic rings. The van der Waals surface area contributed by atoms with E-state index in [0.717, 1.165) is 12.1 Å². The maximum absolute atomic E-state index is 11.8. The van der Waals surface area contributed by atoms with E-state index in [-0.39, 0.29) is 6.03 Å². The molecular weight excluding hydrogens is 312 g/mol. The van der Waals surface area contributed by atoms with Crippen LogP contribution in [0.1, 0.15) is 4.88 Å². The SMILES string of the molecule is O=C(NCCc1ccc(-c2cccs2)s1)Nc1ccccc1. The van der Waals surface area contributed by atoms with Gasteiger partial charge in [-0.05, 0) is 42.1 Å². The molecule has 0 unspecified atom stereocenters. The van der Waals surface area contributed by atoms with Crippen molar-refractivity contribution < 1.29 is 4.79 Å². The molecule has 22 heavy (non-hydrogen) atoms. The van der Waals surface area contributed by atoms with Gasteiger partial charge in [-0.3, -0.25) is 0 Å². The molecule has 0 radical (unpaired) electrons. The summed E-state index contributed by atoms with van der Waals surface area (Å²) in [7, 11) is 0. The average molecular weight is 328 g/mol. The first-order valence-electron chi connectivity index (χ1n) is 7.04. The zero-order chi connectivity index (χ0) is 15.2. The summed E-state index contributed by atoms with van der Waals surface area (Å²) in [5.41, 5.74) is 0.802. The van der Waals surface area contributed by atoms with Crippen LogP contribution in [0.25, 0.3) is 9.75 Å². The number of carbonyl (C=O) groups excluding carboxylic acids is 1. The van der Waals surface area contributed by atoms with Gasteiger partial charge < -0.3 is 10.6 Å². The molecule has 0 fully saturated rings. The number of amides is 2. The Morgan fingerprint density at radius 1 is 0.955 bits per heavy atom. The topological polar surface area (TPSA) is 41.1 Å². The molecule has 0 saturated carbocycles. The van der Waals surface area contributed by atoms with Gasteiger partial charge in [-0.1, -0.05) is 24.3 Å². The lowest BCUT2D eigenvalue weighted by molar-refractivity contribution is 0.252. The highest BCUT2D eigenvalue weighted by atomic mass is 32.1. The number of nitrogens with one attached hydrogen (secondary N) is 2. The molecule has 0 aliphatic heterocycles. The van der Waals surface area contributed by atoms with Crippen molar-refractivity contribution in [3.63, 3.8) is 0 Å². The fraction of sp³-hybridized carbons (Fsp3) is 0.118. The highest BCUT2D eigenvalue weighted by Gasteiger charge is 2.05. The minimum Gasteiger partial charge on any atom is -0.338 e. The summed E-state index contributed by atoms with van der Waals surface area (Å²) in [4.78, 5) is 15.6. The van der Waals surface area contributed by atoms with Crippen LogP contribution in [0.3, 0.4) is 0 Å². The summed E-state index contributed by atoms with van der Waals surface area (Å²) in [6.07, 6.45) is 0.845. The zero-order valence-corrected chi connectivity index (χ0v) is 13.5. The molecule has 2 heterocycles. The van der Waals surface area contributed by atoms with Gasteiger partial charge in [0.05, 0.1) is 0 Å². The van der Waals surface area contributed by atoms with Crippen LogP contribution >= 0.6 is 22.7 Å². The third-order valence-electron chi connectivity index (χ3n) is 3.11. The van der Waals surface area contributed by atoms with Gasteiger partial charge in [0.1, 0.15) is 0 Å². The standard InChI is InChI=1S/C17H16N2OS2/c20-17(19-13-5-2-1-3-6-13)18-11-10-14-8-9-16(22-14)15-7-4-12-21-15/h1-9,12H,10-11H2,(H2,18,19,20). The molecule has 0 aliphatic carbocycles. The smallest absolute Gasteiger partial charge is 0.319 e. The number of anilines is 1. The predicted molar refractivity (Wildman–Crippen MR) is 94.8 cm³/mol. The van der Waals surface area contributed by atoms with E-state index in [1.807, 2.05) is 30.3 Å². The van der Waals surface area contributed by atoms with Gasteiger partial charge in [-0.25, -0.2) is 4.79 Å². The third kappa shape index (κ3) is 3.96. The molecule has 0 spiro atoms. The molecule has 5 heteroatoms.